The molecule has 156 valence electrons. The molecule has 2 aromatic rings. The maximum Gasteiger partial charge on any atom is 0.340 e. The van der Waals surface area contributed by atoms with Gasteiger partial charge in [-0.25, -0.2) is 4.79 Å². The van der Waals surface area contributed by atoms with Crippen LogP contribution in [0.5, 0.6) is 0 Å². The summed E-state index contributed by atoms with van der Waals surface area (Å²) < 4.78 is 5.65. The van der Waals surface area contributed by atoms with E-state index in [2.05, 4.69) is 19.2 Å². The van der Waals surface area contributed by atoms with Crippen LogP contribution in [0.1, 0.15) is 77.1 Å². The Morgan fingerprint density at radius 3 is 2.59 bits per heavy atom. The number of carbonyl (C=O) groups is 2. The minimum atomic E-state index is -0.646. The first-order chi connectivity index (χ1) is 13.5. The van der Waals surface area contributed by atoms with E-state index in [1.165, 1.54) is 11.3 Å². The number of anilines is 1. The first-order valence-electron chi connectivity index (χ1n) is 9.89. The van der Waals surface area contributed by atoms with Gasteiger partial charge < -0.3 is 15.2 Å². The van der Waals surface area contributed by atoms with E-state index in [0.717, 1.165) is 29.7 Å². The molecule has 5 nitrogen and oxygen atoms in total. The molecule has 2 N–H and O–H groups in total. The Bertz CT molecular complexity index is 937. The van der Waals surface area contributed by atoms with Gasteiger partial charge in [0, 0.05) is 16.1 Å². The summed E-state index contributed by atoms with van der Waals surface area (Å²) in [6.45, 7) is 9.67. The number of aliphatic hydroxyl groups excluding tert-OH is 1. The Labute approximate surface area is 176 Å². The highest BCUT2D eigenvalue weighted by Gasteiger charge is 2.36. The number of rotatable bonds is 4. The van der Waals surface area contributed by atoms with Gasteiger partial charge in [-0.2, -0.15) is 0 Å². The van der Waals surface area contributed by atoms with Crippen molar-refractivity contribution in [2.45, 2.75) is 66.1 Å². The van der Waals surface area contributed by atoms with E-state index in [1.807, 2.05) is 20.8 Å². The van der Waals surface area contributed by atoms with Crippen LogP contribution in [0.25, 0.3) is 0 Å². The summed E-state index contributed by atoms with van der Waals surface area (Å²) in [6.07, 6.45) is 2.61. The number of carbonyl (C=O) groups excluding carboxylic acids is 2. The number of amides is 1. The van der Waals surface area contributed by atoms with Crippen molar-refractivity contribution in [3.05, 3.63) is 50.7 Å². The first kappa shape index (κ1) is 21.5. The fourth-order valence-electron chi connectivity index (χ4n) is 3.58. The standard InChI is InChI=1S/C23H29NO4S/c1-22(2,3)28-21(27)18-15-12-23(4,5)11-10-17(15)29-19(18)20(26)24-16-9-7-6-8-14(16)13-25/h6-9,25H,10-13H2,1-5H3,(H,24,26). The predicted molar refractivity (Wildman–Crippen MR) is 116 cm³/mol. The van der Waals surface area contributed by atoms with Gasteiger partial charge in [0.25, 0.3) is 5.91 Å². The van der Waals surface area contributed by atoms with Crippen LogP contribution in [0.4, 0.5) is 5.69 Å². The zero-order chi connectivity index (χ0) is 21.4. The van der Waals surface area contributed by atoms with E-state index >= 15 is 0 Å². The molecule has 0 aliphatic heterocycles. The van der Waals surface area contributed by atoms with Crippen LogP contribution in [-0.2, 0) is 24.2 Å². The highest BCUT2D eigenvalue weighted by atomic mass is 32.1. The zero-order valence-corrected chi connectivity index (χ0v) is 18.5. The molecular formula is C23H29NO4S. The van der Waals surface area contributed by atoms with Crippen LogP contribution < -0.4 is 5.32 Å². The molecular weight excluding hydrogens is 386 g/mol. The Morgan fingerprint density at radius 2 is 1.93 bits per heavy atom. The molecule has 1 amide bonds. The van der Waals surface area contributed by atoms with Crippen LogP contribution in [0.2, 0.25) is 0 Å². The van der Waals surface area contributed by atoms with Gasteiger partial charge in [0.15, 0.2) is 0 Å². The summed E-state index contributed by atoms with van der Waals surface area (Å²) in [7, 11) is 0. The Balaban J connectivity index is 2.02. The van der Waals surface area contributed by atoms with E-state index in [4.69, 9.17) is 4.74 Å². The van der Waals surface area contributed by atoms with Crippen molar-refractivity contribution in [3.63, 3.8) is 0 Å². The van der Waals surface area contributed by atoms with Crippen molar-refractivity contribution >= 4 is 28.9 Å². The van der Waals surface area contributed by atoms with Gasteiger partial charge in [-0.3, -0.25) is 4.79 Å². The molecule has 0 unspecified atom stereocenters. The molecule has 29 heavy (non-hydrogen) atoms. The number of benzene rings is 1. The SMILES string of the molecule is CC1(C)CCc2sc(C(=O)Nc3ccccc3CO)c(C(=O)OC(C)(C)C)c2C1. The summed E-state index contributed by atoms with van der Waals surface area (Å²) in [6, 6.07) is 7.10. The van der Waals surface area contributed by atoms with E-state index in [0.29, 0.717) is 21.7 Å². The second kappa shape index (κ2) is 7.92. The molecule has 0 saturated carbocycles. The lowest BCUT2D eigenvalue weighted by atomic mass is 9.76. The number of fused-ring (bicyclic) bond motifs is 1. The minimum absolute atomic E-state index is 0.0715. The van der Waals surface area contributed by atoms with Gasteiger partial charge in [-0.1, -0.05) is 32.0 Å². The summed E-state index contributed by atoms with van der Waals surface area (Å²) in [4.78, 5) is 27.7. The summed E-state index contributed by atoms with van der Waals surface area (Å²) >= 11 is 1.38. The third-order valence-electron chi connectivity index (χ3n) is 5.02. The number of aliphatic hydroxyl groups is 1. The number of esters is 1. The molecule has 0 spiro atoms. The average Bonchev–Trinajstić information content (AvgIpc) is 2.98. The lowest BCUT2D eigenvalue weighted by Crippen LogP contribution is -2.28. The second-order valence-electron chi connectivity index (χ2n) is 9.32. The molecule has 1 aromatic carbocycles. The minimum Gasteiger partial charge on any atom is -0.456 e. The molecule has 1 aromatic heterocycles. The van der Waals surface area contributed by atoms with E-state index in [1.54, 1.807) is 24.3 Å². The highest BCUT2D eigenvalue weighted by Crippen LogP contribution is 2.42. The van der Waals surface area contributed by atoms with Gasteiger partial charge in [0.05, 0.1) is 12.2 Å². The van der Waals surface area contributed by atoms with E-state index in [9.17, 15) is 14.7 Å². The van der Waals surface area contributed by atoms with Gasteiger partial charge in [-0.15, -0.1) is 11.3 Å². The molecule has 1 aliphatic carbocycles. The number of thiophene rings is 1. The summed E-state index contributed by atoms with van der Waals surface area (Å²) in [5, 5.41) is 12.4. The molecule has 1 heterocycles. The van der Waals surface area contributed by atoms with Crippen LogP contribution in [0, 0.1) is 5.41 Å². The van der Waals surface area contributed by atoms with Crippen molar-refractivity contribution in [3.8, 4) is 0 Å². The highest BCUT2D eigenvalue weighted by molar-refractivity contribution is 7.14. The van der Waals surface area contributed by atoms with Crippen molar-refractivity contribution in [2.24, 2.45) is 5.41 Å². The van der Waals surface area contributed by atoms with E-state index in [-0.39, 0.29) is 17.9 Å². The molecule has 0 atom stereocenters. The number of para-hydroxylation sites is 1. The molecule has 6 heteroatoms. The number of nitrogens with one attached hydrogen (secondary N) is 1. The number of hydrogen-bond acceptors (Lipinski definition) is 5. The quantitative estimate of drug-likeness (QED) is 0.692. The van der Waals surface area contributed by atoms with Crippen molar-refractivity contribution < 1.29 is 19.4 Å². The molecule has 0 radical (unpaired) electrons. The van der Waals surface area contributed by atoms with E-state index < -0.39 is 11.6 Å². The average molecular weight is 416 g/mol. The topological polar surface area (TPSA) is 75.6 Å². The zero-order valence-electron chi connectivity index (χ0n) is 17.7. The van der Waals surface area contributed by atoms with Gasteiger partial charge >= 0.3 is 5.97 Å². The summed E-state index contributed by atoms with van der Waals surface area (Å²) in [5.41, 5.74) is 1.94. The largest absolute Gasteiger partial charge is 0.456 e. The van der Waals surface area contributed by atoms with Gasteiger partial charge in [0.1, 0.15) is 10.5 Å². The van der Waals surface area contributed by atoms with Crippen molar-refractivity contribution in [1.82, 2.24) is 0 Å². The lowest BCUT2D eigenvalue weighted by Gasteiger charge is -2.30. The van der Waals surface area contributed by atoms with Crippen molar-refractivity contribution in [2.75, 3.05) is 5.32 Å². The fraction of sp³-hybridized carbons (Fsp3) is 0.478. The maximum absolute atomic E-state index is 13.2. The smallest absolute Gasteiger partial charge is 0.340 e. The summed E-state index contributed by atoms with van der Waals surface area (Å²) in [5.74, 6) is -0.794. The molecule has 0 fully saturated rings. The predicted octanol–water partition coefficient (Wildman–Crippen LogP) is 4.96. The van der Waals surface area contributed by atoms with Gasteiger partial charge in [0.2, 0.25) is 0 Å². The number of ether oxygens (including phenoxy) is 1. The van der Waals surface area contributed by atoms with Crippen LogP contribution >= 0.6 is 11.3 Å². The monoisotopic (exact) mass is 415 g/mol. The fourth-order valence-corrected chi connectivity index (χ4v) is 4.78. The normalized spacial score (nSPS) is 15.5. The molecule has 1 aliphatic rings. The number of aryl methyl sites for hydroxylation is 1. The van der Waals surface area contributed by atoms with Gasteiger partial charge in [-0.05, 0) is 57.1 Å². The van der Waals surface area contributed by atoms with Crippen LogP contribution in [0.3, 0.4) is 0 Å². The Hall–Kier alpha value is -2.18. The molecule has 0 bridgehead atoms. The number of hydrogen-bond donors (Lipinski definition) is 2. The second-order valence-corrected chi connectivity index (χ2v) is 10.4. The molecule has 0 saturated heterocycles. The maximum atomic E-state index is 13.2. The Kier molecular flexibility index (Phi) is 5.88. The third kappa shape index (κ3) is 4.87. The lowest BCUT2D eigenvalue weighted by molar-refractivity contribution is 0.00666. The van der Waals surface area contributed by atoms with Crippen molar-refractivity contribution in [1.29, 1.82) is 0 Å². The van der Waals surface area contributed by atoms with Crippen LogP contribution in [0.15, 0.2) is 24.3 Å². The Morgan fingerprint density at radius 1 is 1.24 bits per heavy atom. The third-order valence-corrected chi connectivity index (χ3v) is 6.31. The van der Waals surface area contributed by atoms with Crippen LogP contribution in [-0.4, -0.2) is 22.6 Å². The first-order valence-corrected chi connectivity index (χ1v) is 10.7. The molecule has 3 rings (SSSR count).